The largest absolute Gasteiger partial charge is 0.312 e. The number of hydrogen-bond acceptors (Lipinski definition) is 3. The molecule has 2 saturated heterocycles. The van der Waals surface area contributed by atoms with Crippen LogP contribution in [0.3, 0.4) is 0 Å². The van der Waals surface area contributed by atoms with Crippen molar-refractivity contribution in [3.63, 3.8) is 0 Å². The molecule has 2 heterocycles. The molecule has 1 aliphatic carbocycles. The summed E-state index contributed by atoms with van der Waals surface area (Å²) >= 11 is 0. The molecule has 0 aromatic rings. The van der Waals surface area contributed by atoms with Crippen molar-refractivity contribution in [3.05, 3.63) is 0 Å². The van der Waals surface area contributed by atoms with E-state index in [4.69, 9.17) is 0 Å². The van der Waals surface area contributed by atoms with E-state index in [1.807, 2.05) is 0 Å². The highest BCUT2D eigenvalue weighted by Crippen LogP contribution is 2.29. The van der Waals surface area contributed by atoms with Crippen LogP contribution >= 0.6 is 0 Å². The number of piperidine rings is 1. The predicted molar refractivity (Wildman–Crippen MR) is 84.2 cm³/mol. The van der Waals surface area contributed by atoms with Crippen LogP contribution in [0, 0.1) is 11.8 Å². The summed E-state index contributed by atoms with van der Waals surface area (Å²) in [5, 5.41) is 3.51. The van der Waals surface area contributed by atoms with Gasteiger partial charge in [0.25, 0.3) is 10.2 Å². The van der Waals surface area contributed by atoms with Gasteiger partial charge in [0.2, 0.25) is 0 Å². The fourth-order valence-electron chi connectivity index (χ4n) is 3.49. The normalized spacial score (nSPS) is 36.2. The van der Waals surface area contributed by atoms with Crippen LogP contribution in [0.25, 0.3) is 0 Å². The minimum absolute atomic E-state index is 0.149. The average Bonchev–Trinajstić information content (AvgIpc) is 3.22. The van der Waals surface area contributed by atoms with Gasteiger partial charge in [0.05, 0.1) is 0 Å². The molecule has 3 rings (SSSR count). The SMILES string of the molecule is CC1CN(S(=O)(=O)N2CCCCC2CNC2CC2)CC1C. The van der Waals surface area contributed by atoms with Crippen molar-refractivity contribution in [2.24, 2.45) is 11.8 Å². The van der Waals surface area contributed by atoms with Gasteiger partial charge in [0.15, 0.2) is 0 Å². The molecule has 0 aromatic carbocycles. The van der Waals surface area contributed by atoms with Crippen molar-refractivity contribution in [1.82, 2.24) is 13.9 Å². The van der Waals surface area contributed by atoms with Crippen LogP contribution in [0.4, 0.5) is 0 Å². The Morgan fingerprint density at radius 3 is 2.33 bits per heavy atom. The Bertz CT molecular complexity index is 454. The van der Waals surface area contributed by atoms with Crippen LogP contribution in [0.5, 0.6) is 0 Å². The van der Waals surface area contributed by atoms with Crippen LogP contribution < -0.4 is 5.32 Å². The molecule has 3 fully saturated rings. The third-order valence-corrected chi connectivity index (χ3v) is 7.39. The predicted octanol–water partition coefficient (Wildman–Crippen LogP) is 1.43. The average molecular weight is 315 g/mol. The Labute approximate surface area is 129 Å². The molecule has 21 heavy (non-hydrogen) atoms. The van der Waals surface area contributed by atoms with E-state index >= 15 is 0 Å². The van der Waals surface area contributed by atoms with Gasteiger partial charge in [-0.15, -0.1) is 0 Å². The summed E-state index contributed by atoms with van der Waals surface area (Å²) in [6, 6.07) is 0.791. The molecule has 6 heteroatoms. The summed E-state index contributed by atoms with van der Waals surface area (Å²) < 4.78 is 29.5. The van der Waals surface area contributed by atoms with Crippen molar-refractivity contribution in [2.75, 3.05) is 26.2 Å². The smallest absolute Gasteiger partial charge is 0.282 e. The third-order valence-electron chi connectivity index (χ3n) is 5.37. The Balaban J connectivity index is 1.68. The lowest BCUT2D eigenvalue weighted by atomic mass is 10.0. The summed E-state index contributed by atoms with van der Waals surface area (Å²) in [5.41, 5.74) is 0. The van der Waals surface area contributed by atoms with Crippen molar-refractivity contribution in [1.29, 1.82) is 0 Å². The number of hydrogen-bond donors (Lipinski definition) is 1. The Morgan fingerprint density at radius 1 is 1.05 bits per heavy atom. The van der Waals surface area contributed by atoms with Crippen molar-refractivity contribution in [2.45, 2.75) is 58.0 Å². The molecule has 2 aliphatic heterocycles. The molecule has 122 valence electrons. The van der Waals surface area contributed by atoms with Crippen molar-refractivity contribution in [3.8, 4) is 0 Å². The topological polar surface area (TPSA) is 52.7 Å². The van der Waals surface area contributed by atoms with E-state index < -0.39 is 10.2 Å². The van der Waals surface area contributed by atoms with Crippen LogP contribution in [-0.2, 0) is 10.2 Å². The standard InChI is InChI=1S/C15H29N3O2S/c1-12-10-17(11-13(12)2)21(19,20)18-8-4-3-5-15(18)9-16-14-6-7-14/h12-16H,3-11H2,1-2H3. The van der Waals surface area contributed by atoms with Gasteiger partial charge in [-0.3, -0.25) is 0 Å². The molecule has 3 aliphatic rings. The van der Waals surface area contributed by atoms with E-state index in [-0.39, 0.29) is 6.04 Å². The first-order valence-corrected chi connectivity index (χ1v) is 9.88. The molecule has 0 bridgehead atoms. The first kappa shape index (κ1) is 15.7. The van der Waals surface area contributed by atoms with E-state index in [1.54, 1.807) is 8.61 Å². The maximum atomic E-state index is 13.0. The Morgan fingerprint density at radius 2 is 1.71 bits per heavy atom. The molecule has 1 N–H and O–H groups in total. The second kappa shape index (κ2) is 6.14. The van der Waals surface area contributed by atoms with Crippen LogP contribution in [0.1, 0.15) is 46.0 Å². The lowest BCUT2D eigenvalue weighted by Gasteiger charge is -2.37. The summed E-state index contributed by atoms with van der Waals surface area (Å²) in [5.74, 6) is 0.931. The van der Waals surface area contributed by atoms with E-state index in [9.17, 15) is 8.42 Å². The van der Waals surface area contributed by atoms with Gasteiger partial charge in [-0.05, 0) is 37.5 Å². The number of nitrogens with one attached hydrogen (secondary N) is 1. The molecular formula is C15H29N3O2S. The summed E-state index contributed by atoms with van der Waals surface area (Å²) in [7, 11) is -3.28. The highest BCUT2D eigenvalue weighted by molar-refractivity contribution is 7.86. The van der Waals surface area contributed by atoms with Gasteiger partial charge in [0, 0.05) is 38.3 Å². The molecule has 1 saturated carbocycles. The highest BCUT2D eigenvalue weighted by Gasteiger charge is 2.41. The van der Waals surface area contributed by atoms with Gasteiger partial charge < -0.3 is 5.32 Å². The first-order chi connectivity index (χ1) is 9.98. The summed E-state index contributed by atoms with van der Waals surface area (Å²) in [6.07, 6.45) is 5.65. The maximum Gasteiger partial charge on any atom is 0.282 e. The minimum Gasteiger partial charge on any atom is -0.312 e. The molecule has 3 unspecified atom stereocenters. The zero-order valence-corrected chi connectivity index (χ0v) is 14.1. The molecule has 5 nitrogen and oxygen atoms in total. The van der Waals surface area contributed by atoms with Gasteiger partial charge in [-0.25, -0.2) is 0 Å². The third kappa shape index (κ3) is 3.44. The summed E-state index contributed by atoms with van der Waals surface area (Å²) in [6.45, 7) is 7.19. The van der Waals surface area contributed by atoms with E-state index in [0.29, 0.717) is 37.5 Å². The van der Waals surface area contributed by atoms with Crippen LogP contribution in [-0.4, -0.2) is 55.3 Å². The minimum atomic E-state index is -3.28. The van der Waals surface area contributed by atoms with Crippen LogP contribution in [0.15, 0.2) is 0 Å². The molecule has 0 radical (unpaired) electrons. The molecule has 0 amide bonds. The van der Waals surface area contributed by atoms with Crippen molar-refractivity contribution >= 4 is 10.2 Å². The van der Waals surface area contributed by atoms with Gasteiger partial charge in [-0.1, -0.05) is 20.3 Å². The zero-order chi connectivity index (χ0) is 15.0. The fraction of sp³-hybridized carbons (Fsp3) is 1.00. The fourth-order valence-corrected chi connectivity index (χ4v) is 5.55. The Hall–Kier alpha value is -0.170. The van der Waals surface area contributed by atoms with Gasteiger partial charge in [0.1, 0.15) is 0 Å². The van der Waals surface area contributed by atoms with E-state index in [0.717, 1.165) is 25.8 Å². The van der Waals surface area contributed by atoms with Crippen molar-refractivity contribution < 1.29 is 8.42 Å². The van der Waals surface area contributed by atoms with E-state index in [1.165, 1.54) is 12.8 Å². The van der Waals surface area contributed by atoms with Gasteiger partial charge >= 0.3 is 0 Å². The van der Waals surface area contributed by atoms with Crippen LogP contribution in [0.2, 0.25) is 0 Å². The molecule has 0 spiro atoms. The molecule has 0 aromatic heterocycles. The highest BCUT2D eigenvalue weighted by atomic mass is 32.2. The summed E-state index contributed by atoms with van der Waals surface area (Å²) in [4.78, 5) is 0. The zero-order valence-electron chi connectivity index (χ0n) is 13.3. The molecule has 3 atom stereocenters. The first-order valence-electron chi connectivity index (χ1n) is 8.49. The maximum absolute atomic E-state index is 13.0. The quantitative estimate of drug-likeness (QED) is 0.835. The van der Waals surface area contributed by atoms with E-state index in [2.05, 4.69) is 19.2 Å². The Kier molecular flexibility index (Phi) is 4.60. The lowest BCUT2D eigenvalue weighted by molar-refractivity contribution is 0.229. The number of rotatable bonds is 5. The second-order valence-electron chi connectivity index (χ2n) is 7.22. The second-order valence-corrected chi connectivity index (χ2v) is 9.10. The molecular weight excluding hydrogens is 286 g/mol. The lowest BCUT2D eigenvalue weighted by Crippen LogP contribution is -2.53. The number of nitrogens with zero attached hydrogens (tertiary/aromatic N) is 2. The van der Waals surface area contributed by atoms with Gasteiger partial charge in [-0.2, -0.15) is 17.0 Å². The monoisotopic (exact) mass is 315 g/mol.